The predicted molar refractivity (Wildman–Crippen MR) is 146 cm³/mol. The molecule has 0 fully saturated rings. The van der Waals surface area contributed by atoms with E-state index in [9.17, 15) is 4.79 Å². The quantitative estimate of drug-likeness (QED) is 0.173. The number of benzene rings is 3. The predicted octanol–water partition coefficient (Wildman–Crippen LogP) is 9.16. The monoisotopic (exact) mass is 472 g/mol. The Balaban J connectivity index is 1.66. The van der Waals surface area contributed by atoms with E-state index in [4.69, 9.17) is 9.47 Å². The fraction of sp³-hybridized carbons (Fsp3) is 0.406. The van der Waals surface area contributed by atoms with Crippen LogP contribution in [0.2, 0.25) is 0 Å². The molecule has 0 aliphatic heterocycles. The van der Waals surface area contributed by atoms with Gasteiger partial charge < -0.3 is 9.47 Å². The van der Waals surface area contributed by atoms with Crippen LogP contribution in [0.3, 0.4) is 0 Å². The zero-order valence-corrected chi connectivity index (χ0v) is 21.6. The molecule has 0 saturated heterocycles. The molecule has 0 spiro atoms. The number of rotatable bonds is 14. The van der Waals surface area contributed by atoms with Crippen molar-refractivity contribution in [3.63, 3.8) is 0 Å². The highest BCUT2D eigenvalue weighted by Crippen LogP contribution is 2.33. The Kier molecular flexibility index (Phi) is 10.9. The Bertz CT molecular complexity index is 1020. The third-order valence-corrected chi connectivity index (χ3v) is 6.34. The molecule has 0 aromatic heterocycles. The van der Waals surface area contributed by atoms with Crippen molar-refractivity contribution in [1.29, 1.82) is 0 Å². The number of hydrogen-bond acceptors (Lipinski definition) is 3. The van der Waals surface area contributed by atoms with Crippen LogP contribution in [0, 0.1) is 0 Å². The second-order valence-electron chi connectivity index (χ2n) is 9.19. The van der Waals surface area contributed by atoms with Gasteiger partial charge >= 0.3 is 5.97 Å². The van der Waals surface area contributed by atoms with Crippen molar-refractivity contribution in [1.82, 2.24) is 0 Å². The lowest BCUT2D eigenvalue weighted by molar-refractivity contribution is -0.148. The molecule has 0 N–H and O–H groups in total. The maximum Gasteiger partial charge on any atom is 0.306 e. The van der Waals surface area contributed by atoms with Gasteiger partial charge in [0.05, 0.1) is 6.61 Å². The summed E-state index contributed by atoms with van der Waals surface area (Å²) in [5.41, 5.74) is 5.68. The normalized spacial score (nSPS) is 11.7. The van der Waals surface area contributed by atoms with Gasteiger partial charge in [0, 0.05) is 6.42 Å². The number of carbonyl (C=O) groups excluding carboxylic acids is 1. The van der Waals surface area contributed by atoms with Gasteiger partial charge in [-0.2, -0.15) is 0 Å². The van der Waals surface area contributed by atoms with E-state index in [0.717, 1.165) is 54.7 Å². The summed E-state index contributed by atoms with van der Waals surface area (Å²) in [5, 5.41) is 0. The van der Waals surface area contributed by atoms with Gasteiger partial charge in [0.1, 0.15) is 11.9 Å². The molecular formula is C32H40O3. The molecule has 35 heavy (non-hydrogen) atoms. The van der Waals surface area contributed by atoms with Crippen LogP contribution in [-0.2, 0) is 9.53 Å². The summed E-state index contributed by atoms with van der Waals surface area (Å²) in [4.78, 5) is 12.1. The minimum absolute atomic E-state index is 0.117. The van der Waals surface area contributed by atoms with E-state index >= 15 is 0 Å². The first kappa shape index (κ1) is 26.5. The standard InChI is InChI=1S/C32H40O3/c1-4-6-8-12-24-34-29-22-20-28(21-23-29)31-14-11-10-13-30(31)27-18-16-26(17-19-27)25(3)35-32(33)15-9-7-5-2/h10-11,13-14,16-23,25H,4-9,12,15,24H2,1-3H3. The van der Waals surface area contributed by atoms with Gasteiger partial charge in [-0.05, 0) is 59.7 Å². The lowest BCUT2D eigenvalue weighted by Crippen LogP contribution is -2.08. The first-order chi connectivity index (χ1) is 17.1. The third-order valence-electron chi connectivity index (χ3n) is 6.34. The molecule has 0 saturated carbocycles. The van der Waals surface area contributed by atoms with E-state index in [2.05, 4.69) is 86.6 Å². The van der Waals surface area contributed by atoms with Crippen LogP contribution in [0.4, 0.5) is 0 Å². The van der Waals surface area contributed by atoms with Crippen molar-refractivity contribution >= 4 is 5.97 Å². The van der Waals surface area contributed by atoms with Gasteiger partial charge in [0.25, 0.3) is 0 Å². The zero-order chi connectivity index (χ0) is 24.9. The number of ether oxygens (including phenoxy) is 2. The fourth-order valence-corrected chi connectivity index (χ4v) is 4.21. The molecule has 3 nitrogen and oxygen atoms in total. The van der Waals surface area contributed by atoms with E-state index < -0.39 is 0 Å². The van der Waals surface area contributed by atoms with Gasteiger partial charge in [-0.1, -0.05) is 107 Å². The molecule has 3 aromatic rings. The second-order valence-corrected chi connectivity index (χ2v) is 9.19. The van der Waals surface area contributed by atoms with Crippen molar-refractivity contribution in [3.8, 4) is 28.0 Å². The molecule has 0 amide bonds. The summed E-state index contributed by atoms with van der Waals surface area (Å²) in [5.74, 6) is 0.805. The van der Waals surface area contributed by atoms with Crippen molar-refractivity contribution in [2.45, 2.75) is 78.2 Å². The minimum atomic E-state index is -0.247. The van der Waals surface area contributed by atoms with Crippen molar-refractivity contribution in [2.75, 3.05) is 6.61 Å². The summed E-state index contributed by atoms with van der Waals surface area (Å²) in [6.45, 7) is 7.07. The molecule has 1 unspecified atom stereocenters. The van der Waals surface area contributed by atoms with Gasteiger partial charge in [-0.3, -0.25) is 4.79 Å². The van der Waals surface area contributed by atoms with Gasteiger partial charge in [-0.25, -0.2) is 0 Å². The van der Waals surface area contributed by atoms with Crippen LogP contribution in [0.25, 0.3) is 22.3 Å². The molecule has 186 valence electrons. The van der Waals surface area contributed by atoms with E-state index in [0.29, 0.717) is 6.42 Å². The molecule has 0 radical (unpaired) electrons. The maximum absolute atomic E-state index is 12.1. The largest absolute Gasteiger partial charge is 0.494 e. The van der Waals surface area contributed by atoms with Crippen LogP contribution in [0.5, 0.6) is 5.75 Å². The fourth-order valence-electron chi connectivity index (χ4n) is 4.21. The van der Waals surface area contributed by atoms with Crippen LogP contribution >= 0.6 is 0 Å². The van der Waals surface area contributed by atoms with E-state index in [1.54, 1.807) is 0 Å². The molecule has 0 heterocycles. The SMILES string of the molecule is CCCCCCOc1ccc(-c2ccccc2-c2ccc(C(C)OC(=O)CCCCC)cc2)cc1. The van der Waals surface area contributed by atoms with Crippen molar-refractivity contribution in [2.24, 2.45) is 0 Å². The van der Waals surface area contributed by atoms with Gasteiger partial charge in [0.2, 0.25) is 0 Å². The summed E-state index contributed by atoms with van der Waals surface area (Å²) < 4.78 is 11.5. The highest BCUT2D eigenvalue weighted by Gasteiger charge is 2.13. The average Bonchev–Trinajstić information content (AvgIpc) is 2.89. The van der Waals surface area contributed by atoms with Crippen molar-refractivity contribution in [3.05, 3.63) is 78.4 Å². The zero-order valence-electron chi connectivity index (χ0n) is 21.6. The molecule has 1 atom stereocenters. The Labute approximate surface area is 211 Å². The number of hydrogen-bond donors (Lipinski definition) is 0. The van der Waals surface area contributed by atoms with Crippen LogP contribution in [-0.4, -0.2) is 12.6 Å². The summed E-state index contributed by atoms with van der Waals surface area (Å²) in [6, 6.07) is 25.2. The van der Waals surface area contributed by atoms with Crippen molar-refractivity contribution < 1.29 is 14.3 Å². The Hall–Kier alpha value is -3.07. The molecule has 3 rings (SSSR count). The summed E-state index contributed by atoms with van der Waals surface area (Å²) >= 11 is 0. The van der Waals surface area contributed by atoms with Gasteiger partial charge in [-0.15, -0.1) is 0 Å². The van der Waals surface area contributed by atoms with Gasteiger partial charge in [0.15, 0.2) is 0 Å². The molecule has 3 heteroatoms. The smallest absolute Gasteiger partial charge is 0.306 e. The number of unbranched alkanes of at least 4 members (excludes halogenated alkanes) is 5. The summed E-state index contributed by atoms with van der Waals surface area (Å²) in [7, 11) is 0. The molecule has 0 aliphatic carbocycles. The number of esters is 1. The molecule has 3 aromatic carbocycles. The van der Waals surface area contributed by atoms with E-state index in [1.165, 1.54) is 30.4 Å². The molecule has 0 aliphatic rings. The van der Waals surface area contributed by atoms with E-state index in [-0.39, 0.29) is 12.1 Å². The highest BCUT2D eigenvalue weighted by molar-refractivity contribution is 5.83. The topological polar surface area (TPSA) is 35.5 Å². The third kappa shape index (κ3) is 8.28. The van der Waals surface area contributed by atoms with Crippen LogP contribution in [0.15, 0.2) is 72.8 Å². The van der Waals surface area contributed by atoms with E-state index in [1.807, 2.05) is 6.92 Å². The maximum atomic E-state index is 12.1. The lowest BCUT2D eigenvalue weighted by atomic mass is 9.94. The number of carbonyl (C=O) groups is 1. The lowest BCUT2D eigenvalue weighted by Gasteiger charge is -2.15. The second kappa shape index (κ2) is 14.4. The minimum Gasteiger partial charge on any atom is -0.494 e. The Morgan fingerprint density at radius 1 is 0.714 bits per heavy atom. The van der Waals surface area contributed by atoms with Crippen LogP contribution in [0.1, 0.15) is 83.8 Å². The highest BCUT2D eigenvalue weighted by atomic mass is 16.5. The Morgan fingerprint density at radius 2 is 1.29 bits per heavy atom. The Morgan fingerprint density at radius 3 is 1.89 bits per heavy atom. The first-order valence-corrected chi connectivity index (χ1v) is 13.2. The first-order valence-electron chi connectivity index (χ1n) is 13.2. The summed E-state index contributed by atoms with van der Waals surface area (Å²) in [6.07, 6.45) is 8.13. The molecule has 0 bridgehead atoms. The average molecular weight is 473 g/mol. The molecular weight excluding hydrogens is 432 g/mol. The van der Waals surface area contributed by atoms with Crippen LogP contribution < -0.4 is 4.74 Å².